The second-order valence-corrected chi connectivity index (χ2v) is 9.12. The molecule has 0 amide bonds. The summed E-state index contributed by atoms with van der Waals surface area (Å²) in [5.41, 5.74) is 1.15. The second-order valence-electron chi connectivity index (χ2n) is 6.98. The van der Waals surface area contributed by atoms with E-state index in [2.05, 4.69) is 15.6 Å². The van der Waals surface area contributed by atoms with Crippen molar-refractivity contribution in [2.75, 3.05) is 32.6 Å². The Balaban J connectivity index is 1.89. The van der Waals surface area contributed by atoms with Crippen LogP contribution in [0.25, 0.3) is 0 Å². The van der Waals surface area contributed by atoms with Gasteiger partial charge in [0.05, 0.1) is 12.3 Å². The first-order chi connectivity index (χ1) is 12.9. The second kappa shape index (κ2) is 10.6. The van der Waals surface area contributed by atoms with Crippen LogP contribution in [0.15, 0.2) is 23.2 Å². The lowest BCUT2D eigenvalue weighted by Crippen LogP contribution is -2.38. The summed E-state index contributed by atoms with van der Waals surface area (Å²) in [5, 5.41) is 6.36. The Morgan fingerprint density at radius 3 is 2.74 bits per heavy atom. The minimum Gasteiger partial charge on any atom is -0.381 e. The van der Waals surface area contributed by atoms with E-state index in [9.17, 15) is 12.8 Å². The first-order valence-corrected chi connectivity index (χ1v) is 11.5. The van der Waals surface area contributed by atoms with E-state index < -0.39 is 15.7 Å². The molecule has 1 fully saturated rings. The Morgan fingerprint density at radius 2 is 2.07 bits per heavy atom. The lowest BCUT2D eigenvalue weighted by atomic mass is 10.1. The van der Waals surface area contributed by atoms with Gasteiger partial charge < -0.3 is 15.4 Å². The molecule has 27 heavy (non-hydrogen) atoms. The molecule has 0 bridgehead atoms. The number of ether oxygens (including phenoxy) is 1. The van der Waals surface area contributed by atoms with Crippen molar-refractivity contribution in [3.63, 3.8) is 0 Å². The maximum Gasteiger partial charge on any atom is 0.191 e. The first-order valence-electron chi connectivity index (χ1n) is 9.42. The quantitative estimate of drug-likeness (QED) is 0.339. The number of aliphatic imine (C=N–C) groups is 1. The minimum atomic E-state index is -3.20. The molecular formula is C19H30FN3O3S. The number of hydrogen-bond donors (Lipinski definition) is 2. The molecule has 0 atom stereocenters. The van der Waals surface area contributed by atoms with Crippen LogP contribution in [0.4, 0.5) is 4.39 Å². The van der Waals surface area contributed by atoms with Crippen LogP contribution in [0, 0.1) is 11.7 Å². The largest absolute Gasteiger partial charge is 0.381 e. The lowest BCUT2D eigenvalue weighted by Gasteiger charge is -2.12. The molecule has 0 unspecified atom stereocenters. The summed E-state index contributed by atoms with van der Waals surface area (Å²) < 4.78 is 42.4. The highest BCUT2D eigenvalue weighted by Gasteiger charge is 2.20. The third kappa shape index (κ3) is 9.19. The summed E-state index contributed by atoms with van der Waals surface area (Å²) in [6.45, 7) is 5.16. The third-order valence-electron chi connectivity index (χ3n) is 4.15. The van der Waals surface area contributed by atoms with E-state index in [1.54, 1.807) is 0 Å². The Morgan fingerprint density at radius 1 is 1.30 bits per heavy atom. The van der Waals surface area contributed by atoms with Gasteiger partial charge in [0.2, 0.25) is 0 Å². The number of nitrogens with one attached hydrogen (secondary N) is 2. The first kappa shape index (κ1) is 21.6. The fraction of sp³-hybridized carbons (Fsp3) is 0.632. The molecule has 0 radical (unpaired) electrons. The van der Waals surface area contributed by atoms with Gasteiger partial charge in [-0.25, -0.2) is 17.8 Å². The predicted octanol–water partition coefficient (Wildman–Crippen LogP) is 2.24. The molecule has 1 aliphatic carbocycles. The van der Waals surface area contributed by atoms with Crippen molar-refractivity contribution in [2.45, 2.75) is 38.5 Å². The molecule has 0 spiro atoms. The topological polar surface area (TPSA) is 79.8 Å². The van der Waals surface area contributed by atoms with Gasteiger partial charge in [-0.3, -0.25) is 0 Å². The van der Waals surface area contributed by atoms with Gasteiger partial charge in [0.1, 0.15) is 5.82 Å². The molecule has 6 nitrogen and oxygen atoms in total. The minimum absolute atomic E-state index is 0.125. The van der Waals surface area contributed by atoms with E-state index >= 15 is 0 Å². The molecule has 1 aromatic rings. The zero-order valence-corrected chi connectivity index (χ0v) is 16.9. The summed E-state index contributed by atoms with van der Waals surface area (Å²) in [4.78, 5) is 4.46. The van der Waals surface area contributed by atoms with Crippen LogP contribution in [0.1, 0.15) is 37.3 Å². The van der Waals surface area contributed by atoms with Crippen molar-refractivity contribution in [2.24, 2.45) is 10.9 Å². The molecule has 0 heterocycles. The molecule has 2 N–H and O–H groups in total. The molecule has 0 saturated heterocycles. The number of hydrogen-bond acceptors (Lipinski definition) is 4. The van der Waals surface area contributed by atoms with Gasteiger partial charge in [-0.2, -0.15) is 0 Å². The Bertz CT molecular complexity index is 734. The summed E-state index contributed by atoms with van der Waals surface area (Å²) in [7, 11) is -3.20. The van der Waals surface area contributed by atoms with Gasteiger partial charge in [-0.15, -0.1) is 0 Å². The Labute approximate surface area is 161 Å². The van der Waals surface area contributed by atoms with Gasteiger partial charge in [0.15, 0.2) is 15.8 Å². The molecular weight excluding hydrogens is 369 g/mol. The van der Waals surface area contributed by atoms with E-state index in [0.717, 1.165) is 25.5 Å². The Kier molecular flexibility index (Phi) is 8.50. The van der Waals surface area contributed by atoms with Crippen LogP contribution in [-0.2, 0) is 26.9 Å². The van der Waals surface area contributed by atoms with Gasteiger partial charge in [0, 0.05) is 32.6 Å². The number of nitrogens with zero attached hydrogens (tertiary/aromatic N) is 1. The van der Waals surface area contributed by atoms with Crippen molar-refractivity contribution >= 4 is 15.8 Å². The highest BCUT2D eigenvalue weighted by molar-refractivity contribution is 7.89. The maximum absolute atomic E-state index is 13.6. The van der Waals surface area contributed by atoms with Crippen molar-refractivity contribution in [1.29, 1.82) is 0 Å². The smallest absolute Gasteiger partial charge is 0.191 e. The van der Waals surface area contributed by atoms with Crippen LogP contribution in [-0.4, -0.2) is 46.9 Å². The average Bonchev–Trinajstić information content (AvgIpc) is 3.41. The van der Waals surface area contributed by atoms with E-state index in [1.807, 2.05) is 6.92 Å². The third-order valence-corrected chi connectivity index (χ3v) is 4.98. The number of guanidine groups is 1. The van der Waals surface area contributed by atoms with E-state index in [-0.39, 0.29) is 12.3 Å². The summed E-state index contributed by atoms with van der Waals surface area (Å²) >= 11 is 0. The number of benzene rings is 1. The standard InChI is InChI=1S/C19H30FN3O3S/c1-3-21-19(22-9-4-10-26-13-15-5-6-15)23-12-17-11-18(20)8-7-16(17)14-27(2,24)25/h7-8,11,15H,3-6,9-10,12-14H2,1-2H3,(H2,21,22,23). The normalized spacial score (nSPS) is 15.0. The fourth-order valence-electron chi connectivity index (χ4n) is 2.59. The SMILES string of the molecule is CCNC(=NCc1cc(F)ccc1CS(C)(=O)=O)NCCCOCC1CC1. The molecule has 2 rings (SSSR count). The van der Waals surface area contributed by atoms with Crippen molar-refractivity contribution in [3.05, 3.63) is 35.1 Å². The lowest BCUT2D eigenvalue weighted by molar-refractivity contribution is 0.123. The monoisotopic (exact) mass is 399 g/mol. The average molecular weight is 400 g/mol. The van der Waals surface area contributed by atoms with E-state index in [0.29, 0.717) is 30.2 Å². The molecule has 152 valence electrons. The van der Waals surface area contributed by atoms with Gasteiger partial charge in [-0.1, -0.05) is 6.07 Å². The van der Waals surface area contributed by atoms with Crippen LogP contribution in [0.2, 0.25) is 0 Å². The van der Waals surface area contributed by atoms with Gasteiger partial charge in [-0.05, 0) is 55.4 Å². The zero-order valence-electron chi connectivity index (χ0n) is 16.1. The summed E-state index contributed by atoms with van der Waals surface area (Å²) in [6.07, 6.45) is 4.62. The van der Waals surface area contributed by atoms with Crippen LogP contribution < -0.4 is 10.6 Å². The van der Waals surface area contributed by atoms with E-state index in [4.69, 9.17) is 4.74 Å². The van der Waals surface area contributed by atoms with Crippen molar-refractivity contribution in [1.82, 2.24) is 10.6 Å². The molecule has 8 heteroatoms. The fourth-order valence-corrected chi connectivity index (χ4v) is 3.43. The molecule has 1 saturated carbocycles. The number of rotatable bonds is 11. The summed E-state index contributed by atoms with van der Waals surface area (Å²) in [6, 6.07) is 4.14. The van der Waals surface area contributed by atoms with E-state index in [1.165, 1.54) is 37.3 Å². The molecule has 1 aliphatic rings. The predicted molar refractivity (Wildman–Crippen MR) is 106 cm³/mol. The Hall–Kier alpha value is -1.67. The van der Waals surface area contributed by atoms with Crippen LogP contribution in [0.3, 0.4) is 0 Å². The van der Waals surface area contributed by atoms with Gasteiger partial charge >= 0.3 is 0 Å². The van der Waals surface area contributed by atoms with Crippen molar-refractivity contribution in [3.8, 4) is 0 Å². The molecule has 0 aromatic heterocycles. The molecule has 1 aromatic carbocycles. The molecule has 0 aliphatic heterocycles. The number of halogens is 1. The highest BCUT2D eigenvalue weighted by atomic mass is 32.2. The van der Waals surface area contributed by atoms with Crippen molar-refractivity contribution < 1.29 is 17.5 Å². The maximum atomic E-state index is 13.6. The van der Waals surface area contributed by atoms with Crippen LogP contribution >= 0.6 is 0 Å². The number of sulfone groups is 1. The summed E-state index contributed by atoms with van der Waals surface area (Å²) in [5.74, 6) is 0.863. The van der Waals surface area contributed by atoms with Crippen LogP contribution in [0.5, 0.6) is 0 Å². The van der Waals surface area contributed by atoms with Gasteiger partial charge in [0.25, 0.3) is 0 Å². The highest BCUT2D eigenvalue weighted by Crippen LogP contribution is 2.28. The zero-order chi connectivity index (χ0) is 19.7.